The first-order chi connectivity index (χ1) is 6.16. The third kappa shape index (κ3) is 1.54. The Kier molecular flexibility index (Phi) is 2.00. The van der Waals surface area contributed by atoms with Gasteiger partial charge in [-0.05, 0) is 20.3 Å². The van der Waals surface area contributed by atoms with Gasteiger partial charge in [0.1, 0.15) is 5.82 Å². The molecular weight excluding hydrogens is 166 g/mol. The maximum Gasteiger partial charge on any atom is 0.122 e. The zero-order valence-corrected chi connectivity index (χ0v) is 8.03. The van der Waals surface area contributed by atoms with E-state index in [-0.39, 0.29) is 0 Å². The molecule has 1 aromatic rings. The summed E-state index contributed by atoms with van der Waals surface area (Å²) >= 11 is 0. The molecule has 2 heterocycles. The Hall–Kier alpha value is -1.03. The van der Waals surface area contributed by atoms with Crippen LogP contribution in [0.4, 0.5) is 5.82 Å². The summed E-state index contributed by atoms with van der Waals surface area (Å²) in [5.74, 6) is 0.736. The van der Waals surface area contributed by atoms with Crippen LogP contribution < -0.4 is 5.73 Å². The molecule has 4 heteroatoms. The Labute approximate surface area is 77.7 Å². The predicted molar refractivity (Wildman–Crippen MR) is 50.4 cm³/mol. The molecule has 4 nitrogen and oxygen atoms in total. The van der Waals surface area contributed by atoms with Gasteiger partial charge in [0.15, 0.2) is 0 Å². The molecule has 0 radical (unpaired) electrons. The van der Waals surface area contributed by atoms with Gasteiger partial charge in [0.25, 0.3) is 0 Å². The molecule has 0 amide bonds. The van der Waals surface area contributed by atoms with Crippen LogP contribution in [0.2, 0.25) is 0 Å². The third-order valence-corrected chi connectivity index (χ3v) is 2.41. The summed E-state index contributed by atoms with van der Waals surface area (Å²) < 4.78 is 7.34. The summed E-state index contributed by atoms with van der Waals surface area (Å²) in [6.07, 6.45) is 1.33. The second kappa shape index (κ2) is 3.03. The van der Waals surface area contributed by atoms with Gasteiger partial charge in [-0.2, -0.15) is 5.10 Å². The summed E-state index contributed by atoms with van der Waals surface area (Å²) in [5, 5.41) is 4.34. The molecular formula is C9H15N3O. The number of aryl methyl sites for hydroxylation is 1. The van der Waals surface area contributed by atoms with Crippen LogP contribution in [0.5, 0.6) is 0 Å². The van der Waals surface area contributed by atoms with Crippen molar-refractivity contribution in [1.29, 1.82) is 0 Å². The van der Waals surface area contributed by atoms with Crippen LogP contribution in [-0.2, 0) is 4.74 Å². The van der Waals surface area contributed by atoms with E-state index in [0.29, 0.717) is 12.1 Å². The van der Waals surface area contributed by atoms with Crippen molar-refractivity contribution >= 4 is 5.82 Å². The molecule has 2 rings (SSSR count). The fourth-order valence-corrected chi connectivity index (χ4v) is 1.79. The summed E-state index contributed by atoms with van der Waals surface area (Å²) in [6, 6.07) is 2.21. The molecule has 1 aliphatic rings. The Balaban J connectivity index is 2.20. The SMILES string of the molecule is Cc1cc(N)n(C2COC(C)C2)n1. The minimum Gasteiger partial charge on any atom is -0.384 e. The number of hydrogen-bond acceptors (Lipinski definition) is 3. The number of hydrogen-bond donors (Lipinski definition) is 1. The first-order valence-corrected chi connectivity index (χ1v) is 4.60. The van der Waals surface area contributed by atoms with E-state index in [4.69, 9.17) is 10.5 Å². The standard InChI is InChI=1S/C9H15N3O/c1-6-3-9(10)12(11-6)8-4-7(2)13-5-8/h3,7-8H,4-5,10H2,1-2H3. The normalized spacial score (nSPS) is 28.2. The Morgan fingerprint density at radius 2 is 2.46 bits per heavy atom. The molecule has 0 spiro atoms. The van der Waals surface area contributed by atoms with E-state index >= 15 is 0 Å². The van der Waals surface area contributed by atoms with Gasteiger partial charge >= 0.3 is 0 Å². The fraction of sp³-hybridized carbons (Fsp3) is 0.667. The molecule has 0 aliphatic carbocycles. The lowest BCUT2D eigenvalue weighted by atomic mass is 10.2. The first-order valence-electron chi connectivity index (χ1n) is 4.60. The van der Waals surface area contributed by atoms with E-state index in [2.05, 4.69) is 12.0 Å². The highest BCUT2D eigenvalue weighted by atomic mass is 16.5. The highest BCUT2D eigenvalue weighted by Crippen LogP contribution is 2.25. The average Bonchev–Trinajstić information content (AvgIpc) is 2.58. The van der Waals surface area contributed by atoms with Gasteiger partial charge in [0, 0.05) is 6.07 Å². The molecule has 0 bridgehead atoms. The Morgan fingerprint density at radius 3 is 2.92 bits per heavy atom. The Morgan fingerprint density at radius 1 is 1.69 bits per heavy atom. The third-order valence-electron chi connectivity index (χ3n) is 2.41. The number of nitrogen functional groups attached to an aromatic ring is 1. The molecule has 2 unspecified atom stereocenters. The van der Waals surface area contributed by atoms with Crippen molar-refractivity contribution in [3.05, 3.63) is 11.8 Å². The lowest BCUT2D eigenvalue weighted by molar-refractivity contribution is 0.120. The van der Waals surface area contributed by atoms with Gasteiger partial charge in [-0.3, -0.25) is 0 Å². The molecule has 0 aromatic carbocycles. The van der Waals surface area contributed by atoms with E-state index in [0.717, 1.165) is 24.5 Å². The maximum absolute atomic E-state index is 5.81. The molecule has 2 atom stereocenters. The second-order valence-corrected chi connectivity index (χ2v) is 3.69. The van der Waals surface area contributed by atoms with E-state index < -0.39 is 0 Å². The van der Waals surface area contributed by atoms with Gasteiger partial charge in [-0.25, -0.2) is 4.68 Å². The van der Waals surface area contributed by atoms with Crippen molar-refractivity contribution in [2.24, 2.45) is 0 Å². The van der Waals surface area contributed by atoms with Crippen molar-refractivity contribution in [1.82, 2.24) is 9.78 Å². The van der Waals surface area contributed by atoms with Crippen LogP contribution in [0.25, 0.3) is 0 Å². The maximum atomic E-state index is 5.81. The van der Waals surface area contributed by atoms with Gasteiger partial charge in [0.05, 0.1) is 24.4 Å². The fourth-order valence-electron chi connectivity index (χ4n) is 1.79. The van der Waals surface area contributed by atoms with E-state index in [1.54, 1.807) is 0 Å². The highest BCUT2D eigenvalue weighted by molar-refractivity contribution is 5.31. The lowest BCUT2D eigenvalue weighted by Gasteiger charge is -2.09. The van der Waals surface area contributed by atoms with E-state index in [9.17, 15) is 0 Å². The van der Waals surface area contributed by atoms with E-state index in [1.165, 1.54) is 0 Å². The molecule has 1 saturated heterocycles. The molecule has 2 N–H and O–H groups in total. The average molecular weight is 181 g/mol. The van der Waals surface area contributed by atoms with Crippen molar-refractivity contribution in [2.75, 3.05) is 12.3 Å². The van der Waals surface area contributed by atoms with Crippen LogP contribution in [0.3, 0.4) is 0 Å². The molecule has 0 saturated carbocycles. The van der Waals surface area contributed by atoms with Crippen molar-refractivity contribution in [3.8, 4) is 0 Å². The smallest absolute Gasteiger partial charge is 0.122 e. The van der Waals surface area contributed by atoms with Crippen molar-refractivity contribution in [2.45, 2.75) is 32.4 Å². The Bertz CT molecular complexity index is 308. The zero-order chi connectivity index (χ0) is 9.42. The molecule has 1 aliphatic heterocycles. The summed E-state index contributed by atoms with van der Waals surface area (Å²) in [6.45, 7) is 4.76. The van der Waals surface area contributed by atoms with Crippen LogP contribution in [0, 0.1) is 6.92 Å². The monoisotopic (exact) mass is 181 g/mol. The number of aromatic nitrogens is 2. The van der Waals surface area contributed by atoms with Gasteiger partial charge in [-0.1, -0.05) is 0 Å². The molecule has 13 heavy (non-hydrogen) atoms. The topological polar surface area (TPSA) is 53.1 Å². The van der Waals surface area contributed by atoms with Crippen LogP contribution in [0.15, 0.2) is 6.07 Å². The number of ether oxygens (including phenoxy) is 1. The van der Waals surface area contributed by atoms with Crippen LogP contribution >= 0.6 is 0 Å². The quantitative estimate of drug-likeness (QED) is 0.706. The molecule has 1 aromatic heterocycles. The summed E-state index contributed by atoms with van der Waals surface area (Å²) in [7, 11) is 0. The number of nitrogens with two attached hydrogens (primary N) is 1. The number of rotatable bonds is 1. The predicted octanol–water partition coefficient (Wildman–Crippen LogP) is 1.12. The van der Waals surface area contributed by atoms with Crippen LogP contribution in [0.1, 0.15) is 25.1 Å². The second-order valence-electron chi connectivity index (χ2n) is 3.69. The molecule has 1 fully saturated rings. The largest absolute Gasteiger partial charge is 0.384 e. The minimum absolute atomic E-state index is 0.323. The highest BCUT2D eigenvalue weighted by Gasteiger charge is 2.25. The van der Waals surface area contributed by atoms with Crippen molar-refractivity contribution in [3.63, 3.8) is 0 Å². The van der Waals surface area contributed by atoms with Gasteiger partial charge in [-0.15, -0.1) is 0 Å². The number of nitrogens with zero attached hydrogens (tertiary/aromatic N) is 2. The minimum atomic E-state index is 0.323. The van der Waals surface area contributed by atoms with E-state index in [1.807, 2.05) is 17.7 Å². The first kappa shape index (κ1) is 8.56. The summed E-state index contributed by atoms with van der Waals surface area (Å²) in [5.41, 5.74) is 6.78. The van der Waals surface area contributed by atoms with Gasteiger partial charge in [0.2, 0.25) is 0 Å². The zero-order valence-electron chi connectivity index (χ0n) is 8.03. The van der Waals surface area contributed by atoms with Crippen LogP contribution in [-0.4, -0.2) is 22.5 Å². The lowest BCUT2D eigenvalue weighted by Crippen LogP contribution is -2.13. The van der Waals surface area contributed by atoms with Gasteiger partial charge < -0.3 is 10.5 Å². The summed E-state index contributed by atoms with van der Waals surface area (Å²) in [4.78, 5) is 0. The number of anilines is 1. The van der Waals surface area contributed by atoms with Crippen molar-refractivity contribution < 1.29 is 4.74 Å². The molecule has 72 valence electrons.